The van der Waals surface area contributed by atoms with Crippen molar-refractivity contribution in [3.8, 4) is 0 Å². The molecular formula is C11H19N3O5. The van der Waals surface area contributed by atoms with Crippen LogP contribution in [0.5, 0.6) is 0 Å². The first-order valence-corrected chi connectivity index (χ1v) is 5.91. The summed E-state index contributed by atoms with van der Waals surface area (Å²) in [6, 6.07) is -1.84. The third-order valence-corrected chi connectivity index (χ3v) is 2.87. The maximum atomic E-state index is 11.7. The molecule has 3 N–H and O–H groups in total. The number of hydrogen-bond donors (Lipinski definition) is 3. The van der Waals surface area contributed by atoms with Gasteiger partial charge in [-0.2, -0.15) is 0 Å². The van der Waals surface area contributed by atoms with Crippen molar-refractivity contribution in [2.24, 2.45) is 5.92 Å². The summed E-state index contributed by atoms with van der Waals surface area (Å²) in [5, 5.41) is 13.9. The molecule has 3 amide bonds. The van der Waals surface area contributed by atoms with Gasteiger partial charge in [-0.15, -0.1) is 0 Å². The molecule has 0 aromatic heterocycles. The van der Waals surface area contributed by atoms with Crippen LogP contribution in [0.25, 0.3) is 0 Å². The highest BCUT2D eigenvalue weighted by atomic mass is 16.5. The van der Waals surface area contributed by atoms with Crippen molar-refractivity contribution in [2.75, 3.05) is 27.3 Å². The molecule has 1 heterocycles. The molecule has 0 radical (unpaired) electrons. The Bertz CT molecular complexity index is 371. The molecule has 0 aromatic carbocycles. The van der Waals surface area contributed by atoms with E-state index in [0.29, 0.717) is 0 Å². The lowest BCUT2D eigenvalue weighted by Crippen LogP contribution is -2.52. The zero-order chi connectivity index (χ0) is 14.6. The molecule has 1 rings (SSSR count). The van der Waals surface area contributed by atoms with Crippen LogP contribution in [0, 0.1) is 5.92 Å². The van der Waals surface area contributed by atoms with Crippen LogP contribution in [0.15, 0.2) is 0 Å². The molecule has 0 aliphatic carbocycles. The highest BCUT2D eigenvalue weighted by Gasteiger charge is 2.35. The number of nitrogens with one attached hydrogen (secondary N) is 2. The van der Waals surface area contributed by atoms with E-state index >= 15 is 0 Å². The minimum absolute atomic E-state index is 0.0759. The normalized spacial score (nSPS) is 23.5. The van der Waals surface area contributed by atoms with E-state index in [1.165, 1.54) is 4.90 Å². The van der Waals surface area contributed by atoms with Crippen LogP contribution >= 0.6 is 0 Å². The molecule has 0 bridgehead atoms. The van der Waals surface area contributed by atoms with Gasteiger partial charge in [-0.25, -0.2) is 4.79 Å². The molecule has 3 atom stereocenters. The Balaban J connectivity index is 2.47. The van der Waals surface area contributed by atoms with Gasteiger partial charge < -0.3 is 25.4 Å². The van der Waals surface area contributed by atoms with Crippen molar-refractivity contribution in [3.63, 3.8) is 0 Å². The molecule has 8 nitrogen and oxygen atoms in total. The van der Waals surface area contributed by atoms with Crippen molar-refractivity contribution in [2.45, 2.75) is 19.0 Å². The summed E-state index contributed by atoms with van der Waals surface area (Å²) in [6.07, 6.45) is 0. The summed E-state index contributed by atoms with van der Waals surface area (Å²) in [4.78, 5) is 35.5. The minimum Gasteiger partial charge on any atom is -0.481 e. The molecule has 1 aliphatic heterocycles. The number of hydrogen-bond acceptors (Lipinski definition) is 4. The number of amides is 3. The van der Waals surface area contributed by atoms with E-state index in [-0.39, 0.29) is 19.1 Å². The monoisotopic (exact) mass is 273 g/mol. The second kappa shape index (κ2) is 6.37. The number of carboxylic acids is 1. The van der Waals surface area contributed by atoms with E-state index in [1.54, 1.807) is 21.0 Å². The number of ether oxygens (including phenoxy) is 1. The summed E-state index contributed by atoms with van der Waals surface area (Å²) in [6.45, 7) is 1.79. The average Bonchev–Trinajstić information content (AvgIpc) is 2.75. The third kappa shape index (κ3) is 4.09. The number of aliphatic carboxylic acids is 1. The van der Waals surface area contributed by atoms with Gasteiger partial charge in [0, 0.05) is 14.1 Å². The van der Waals surface area contributed by atoms with Crippen LogP contribution in [0.3, 0.4) is 0 Å². The highest BCUT2D eigenvalue weighted by molar-refractivity contribution is 5.86. The fourth-order valence-electron chi connectivity index (χ4n) is 1.80. The summed E-state index contributed by atoms with van der Waals surface area (Å²) < 4.78 is 5.02. The summed E-state index contributed by atoms with van der Waals surface area (Å²) in [7, 11) is 3.17. The van der Waals surface area contributed by atoms with Gasteiger partial charge in [0.15, 0.2) is 0 Å². The second-order valence-electron chi connectivity index (χ2n) is 4.66. The maximum Gasteiger partial charge on any atom is 0.315 e. The summed E-state index contributed by atoms with van der Waals surface area (Å²) in [5.74, 6) is -2.02. The number of likely N-dealkylation sites (N-methyl/N-ethyl adjacent to an activating group) is 1. The first-order valence-electron chi connectivity index (χ1n) is 5.91. The summed E-state index contributed by atoms with van der Waals surface area (Å²) in [5.41, 5.74) is 0. The topological polar surface area (TPSA) is 108 Å². The molecule has 1 aliphatic rings. The van der Waals surface area contributed by atoms with Crippen LogP contribution in [0.1, 0.15) is 6.92 Å². The lowest BCUT2D eigenvalue weighted by Gasteiger charge is -2.20. The zero-order valence-corrected chi connectivity index (χ0v) is 11.2. The standard InChI is InChI=1S/C11H19N3O5/c1-6(9(15)14(2)3)12-11(18)13-8-5-19-4-7(8)10(16)17/h6-8H,4-5H2,1-3H3,(H,16,17)(H2,12,13,18). The Labute approximate surface area is 111 Å². The molecule has 3 unspecified atom stereocenters. The van der Waals surface area contributed by atoms with E-state index in [0.717, 1.165) is 0 Å². The van der Waals surface area contributed by atoms with Gasteiger partial charge in [0.25, 0.3) is 0 Å². The molecule has 0 saturated carbocycles. The fourth-order valence-corrected chi connectivity index (χ4v) is 1.80. The number of carboxylic acid groups (broad SMARTS) is 1. The minimum atomic E-state index is -1.01. The van der Waals surface area contributed by atoms with E-state index in [1.807, 2.05) is 0 Å². The second-order valence-corrected chi connectivity index (χ2v) is 4.66. The van der Waals surface area contributed by atoms with Crippen molar-refractivity contribution in [1.29, 1.82) is 0 Å². The van der Waals surface area contributed by atoms with Gasteiger partial charge in [-0.05, 0) is 6.92 Å². The molecule has 1 fully saturated rings. The van der Waals surface area contributed by atoms with Gasteiger partial charge in [0.05, 0.1) is 19.3 Å². The lowest BCUT2D eigenvalue weighted by atomic mass is 10.0. The summed E-state index contributed by atoms with van der Waals surface area (Å²) >= 11 is 0. The molecule has 0 spiro atoms. The molecule has 1 saturated heterocycles. The Kier molecular flexibility index (Phi) is 5.11. The maximum absolute atomic E-state index is 11.7. The van der Waals surface area contributed by atoms with Gasteiger partial charge in [-0.1, -0.05) is 0 Å². The number of urea groups is 1. The van der Waals surface area contributed by atoms with E-state index in [2.05, 4.69) is 10.6 Å². The van der Waals surface area contributed by atoms with Crippen LogP contribution in [-0.2, 0) is 14.3 Å². The Morgan fingerprint density at radius 3 is 2.47 bits per heavy atom. The van der Waals surface area contributed by atoms with Crippen LogP contribution < -0.4 is 10.6 Å². The van der Waals surface area contributed by atoms with Crippen LogP contribution in [0.4, 0.5) is 4.79 Å². The third-order valence-electron chi connectivity index (χ3n) is 2.87. The van der Waals surface area contributed by atoms with Crippen LogP contribution in [0.2, 0.25) is 0 Å². The van der Waals surface area contributed by atoms with Gasteiger partial charge >= 0.3 is 12.0 Å². The van der Waals surface area contributed by atoms with Gasteiger partial charge in [-0.3, -0.25) is 9.59 Å². The number of rotatable bonds is 4. The van der Waals surface area contributed by atoms with Crippen LogP contribution in [-0.4, -0.2) is 67.3 Å². The van der Waals surface area contributed by atoms with Gasteiger partial charge in [0.1, 0.15) is 12.0 Å². The fraction of sp³-hybridized carbons (Fsp3) is 0.727. The van der Waals surface area contributed by atoms with E-state index in [4.69, 9.17) is 9.84 Å². The molecule has 8 heteroatoms. The molecule has 0 aromatic rings. The molecular weight excluding hydrogens is 254 g/mol. The largest absolute Gasteiger partial charge is 0.481 e. The highest BCUT2D eigenvalue weighted by Crippen LogP contribution is 2.13. The quantitative estimate of drug-likeness (QED) is 0.600. The van der Waals surface area contributed by atoms with E-state index < -0.39 is 30.0 Å². The Hall–Kier alpha value is -1.83. The van der Waals surface area contributed by atoms with Crippen molar-refractivity contribution >= 4 is 17.9 Å². The Morgan fingerprint density at radius 1 is 1.32 bits per heavy atom. The average molecular weight is 273 g/mol. The van der Waals surface area contributed by atoms with Crippen molar-refractivity contribution in [3.05, 3.63) is 0 Å². The van der Waals surface area contributed by atoms with Crippen molar-refractivity contribution < 1.29 is 24.2 Å². The molecule has 19 heavy (non-hydrogen) atoms. The number of carbonyl (C=O) groups excluding carboxylic acids is 2. The first-order chi connectivity index (χ1) is 8.82. The predicted molar refractivity (Wildman–Crippen MR) is 65.6 cm³/mol. The molecule has 108 valence electrons. The zero-order valence-electron chi connectivity index (χ0n) is 11.2. The van der Waals surface area contributed by atoms with E-state index in [9.17, 15) is 14.4 Å². The SMILES string of the molecule is CC(NC(=O)NC1COCC1C(=O)O)C(=O)N(C)C. The van der Waals surface area contributed by atoms with Gasteiger partial charge in [0.2, 0.25) is 5.91 Å². The smallest absolute Gasteiger partial charge is 0.315 e. The first kappa shape index (κ1) is 15.2. The Morgan fingerprint density at radius 2 is 1.95 bits per heavy atom. The van der Waals surface area contributed by atoms with Crippen molar-refractivity contribution in [1.82, 2.24) is 15.5 Å². The number of nitrogens with zero attached hydrogens (tertiary/aromatic N) is 1. The lowest BCUT2D eigenvalue weighted by molar-refractivity contribution is -0.142. The predicted octanol–water partition coefficient (Wildman–Crippen LogP) is -1.14. The number of carbonyl (C=O) groups is 3.